The van der Waals surface area contributed by atoms with Crippen LogP contribution >= 0.6 is 23.2 Å². The van der Waals surface area contributed by atoms with Crippen molar-refractivity contribution in [3.8, 4) is 0 Å². The fraction of sp³-hybridized carbons (Fsp3) is 0.400. The summed E-state index contributed by atoms with van der Waals surface area (Å²) in [5.41, 5.74) is 0.0962. The highest BCUT2D eigenvalue weighted by Crippen LogP contribution is 2.64. The van der Waals surface area contributed by atoms with Gasteiger partial charge in [-0.1, -0.05) is 0 Å². The molecule has 0 unspecified atom stereocenters. The third-order valence-corrected chi connectivity index (χ3v) is 4.72. The SMILES string of the molecule is CC(=O)c1ccc(NC(=O)COC(=O)[C@@]2(C)CC2(Cl)Cl)cc1. The Morgan fingerprint density at radius 2 is 1.77 bits per heavy atom. The van der Waals surface area contributed by atoms with Gasteiger partial charge in [0.1, 0.15) is 9.75 Å². The highest BCUT2D eigenvalue weighted by atomic mass is 35.5. The van der Waals surface area contributed by atoms with E-state index in [-0.39, 0.29) is 5.78 Å². The number of hydrogen-bond acceptors (Lipinski definition) is 4. The van der Waals surface area contributed by atoms with Gasteiger partial charge >= 0.3 is 5.97 Å². The molecular weight excluding hydrogens is 329 g/mol. The zero-order valence-electron chi connectivity index (χ0n) is 12.1. The molecular formula is C15H15Cl2NO4. The van der Waals surface area contributed by atoms with Crippen molar-refractivity contribution in [1.29, 1.82) is 0 Å². The van der Waals surface area contributed by atoms with Crippen LogP contribution in [-0.4, -0.2) is 28.6 Å². The summed E-state index contributed by atoms with van der Waals surface area (Å²) in [4.78, 5) is 34.7. The van der Waals surface area contributed by atoms with Gasteiger partial charge < -0.3 is 10.1 Å². The fourth-order valence-electron chi connectivity index (χ4n) is 1.90. The summed E-state index contributed by atoms with van der Waals surface area (Å²) in [7, 11) is 0. The molecule has 0 radical (unpaired) electrons. The summed E-state index contributed by atoms with van der Waals surface area (Å²) < 4.78 is 3.80. The van der Waals surface area contributed by atoms with Crippen LogP contribution in [0.2, 0.25) is 0 Å². The molecule has 0 bridgehead atoms. The third kappa shape index (κ3) is 3.42. The highest BCUT2D eigenvalue weighted by Gasteiger charge is 2.69. The summed E-state index contributed by atoms with van der Waals surface area (Å²) in [6.45, 7) is 2.62. The Balaban J connectivity index is 1.83. The second-order valence-corrected chi connectivity index (χ2v) is 6.96. The standard InChI is InChI=1S/C15H15Cl2NO4/c1-9(19)10-3-5-11(6-4-10)18-12(20)7-22-13(21)14(2)8-15(14,16)17/h3-6H,7-8H2,1-2H3,(H,18,20)/t14-/m1/s1. The van der Waals surface area contributed by atoms with Gasteiger partial charge in [-0.25, -0.2) is 0 Å². The lowest BCUT2D eigenvalue weighted by atomic mass is 10.1. The molecule has 1 atom stereocenters. The first-order valence-electron chi connectivity index (χ1n) is 6.62. The number of Topliss-reactive ketones (excluding diaryl/α,β-unsaturated/α-hetero) is 1. The lowest BCUT2D eigenvalue weighted by Crippen LogP contribution is -2.26. The van der Waals surface area contributed by atoms with Crippen LogP contribution in [-0.2, 0) is 14.3 Å². The van der Waals surface area contributed by atoms with Gasteiger partial charge in [-0.15, -0.1) is 23.2 Å². The first-order valence-corrected chi connectivity index (χ1v) is 7.37. The average Bonchev–Trinajstić information content (AvgIpc) is 2.97. The van der Waals surface area contributed by atoms with Crippen LogP contribution in [0.25, 0.3) is 0 Å². The maximum Gasteiger partial charge on any atom is 0.315 e. The minimum atomic E-state index is -1.12. The molecule has 2 rings (SSSR count). The van der Waals surface area contributed by atoms with Crippen LogP contribution in [0, 0.1) is 5.41 Å². The lowest BCUT2D eigenvalue weighted by Gasteiger charge is -2.12. The van der Waals surface area contributed by atoms with E-state index in [1.54, 1.807) is 31.2 Å². The highest BCUT2D eigenvalue weighted by molar-refractivity contribution is 6.53. The Morgan fingerprint density at radius 1 is 1.23 bits per heavy atom. The van der Waals surface area contributed by atoms with Crippen molar-refractivity contribution in [2.45, 2.75) is 24.6 Å². The molecule has 1 aliphatic rings. The summed E-state index contributed by atoms with van der Waals surface area (Å²) >= 11 is 11.7. The van der Waals surface area contributed by atoms with E-state index < -0.39 is 28.2 Å². The molecule has 1 fully saturated rings. The van der Waals surface area contributed by atoms with Gasteiger partial charge in [0.05, 0.1) is 0 Å². The van der Waals surface area contributed by atoms with Gasteiger partial charge in [-0.3, -0.25) is 14.4 Å². The normalized spacial score (nSPS) is 21.8. The van der Waals surface area contributed by atoms with Gasteiger partial charge in [0, 0.05) is 17.7 Å². The maximum atomic E-state index is 11.8. The topological polar surface area (TPSA) is 72.5 Å². The molecule has 1 amide bonds. The number of ether oxygens (including phenoxy) is 1. The molecule has 1 saturated carbocycles. The average molecular weight is 344 g/mol. The van der Waals surface area contributed by atoms with Crippen molar-refractivity contribution in [2.24, 2.45) is 5.41 Å². The van der Waals surface area contributed by atoms with Gasteiger partial charge in [0.15, 0.2) is 12.4 Å². The van der Waals surface area contributed by atoms with E-state index in [9.17, 15) is 14.4 Å². The number of carbonyl (C=O) groups excluding carboxylic acids is 3. The number of hydrogen-bond donors (Lipinski definition) is 1. The van der Waals surface area contributed by atoms with E-state index in [0.717, 1.165) is 0 Å². The molecule has 0 aliphatic heterocycles. The number of halogens is 2. The fourth-order valence-corrected chi connectivity index (χ4v) is 2.59. The van der Waals surface area contributed by atoms with E-state index in [0.29, 0.717) is 17.7 Å². The number of anilines is 1. The van der Waals surface area contributed by atoms with Gasteiger partial charge in [0.25, 0.3) is 5.91 Å². The summed E-state index contributed by atoms with van der Waals surface area (Å²) in [6.07, 6.45) is 0.302. The lowest BCUT2D eigenvalue weighted by molar-refractivity contribution is -0.152. The first kappa shape index (κ1) is 16.8. The zero-order chi connectivity index (χ0) is 16.5. The Kier molecular flexibility index (Phi) is 4.49. The van der Waals surface area contributed by atoms with Gasteiger partial charge in [-0.2, -0.15) is 0 Å². The van der Waals surface area contributed by atoms with Crippen molar-refractivity contribution in [1.82, 2.24) is 0 Å². The van der Waals surface area contributed by atoms with Crippen LogP contribution in [0.1, 0.15) is 30.6 Å². The van der Waals surface area contributed by atoms with Crippen LogP contribution < -0.4 is 5.32 Å². The Morgan fingerprint density at radius 3 is 2.23 bits per heavy atom. The molecule has 1 aromatic carbocycles. The van der Waals surface area contributed by atoms with E-state index in [2.05, 4.69) is 5.32 Å². The molecule has 7 heteroatoms. The van der Waals surface area contributed by atoms with Gasteiger partial charge in [0.2, 0.25) is 0 Å². The van der Waals surface area contributed by atoms with Crippen molar-refractivity contribution < 1.29 is 19.1 Å². The second-order valence-electron chi connectivity index (χ2n) is 5.47. The molecule has 1 aliphatic carbocycles. The number of carbonyl (C=O) groups is 3. The van der Waals surface area contributed by atoms with E-state index >= 15 is 0 Å². The minimum Gasteiger partial charge on any atom is -0.455 e. The molecule has 0 spiro atoms. The van der Waals surface area contributed by atoms with E-state index in [1.807, 2.05) is 0 Å². The van der Waals surface area contributed by atoms with Crippen LogP contribution in [0.15, 0.2) is 24.3 Å². The molecule has 0 heterocycles. The molecule has 1 aromatic rings. The number of ketones is 1. The molecule has 0 aromatic heterocycles. The summed E-state index contributed by atoms with van der Waals surface area (Å²) in [5, 5.41) is 2.56. The van der Waals surface area contributed by atoms with Gasteiger partial charge in [-0.05, 0) is 38.1 Å². The molecule has 1 N–H and O–H groups in total. The monoisotopic (exact) mass is 343 g/mol. The predicted molar refractivity (Wildman–Crippen MR) is 83.2 cm³/mol. The Labute approximate surface area is 137 Å². The summed E-state index contributed by atoms with van der Waals surface area (Å²) in [5.74, 6) is -1.14. The van der Waals surface area contributed by atoms with Crippen molar-refractivity contribution >= 4 is 46.5 Å². The quantitative estimate of drug-likeness (QED) is 0.506. The molecule has 0 saturated heterocycles. The van der Waals surface area contributed by atoms with E-state index in [1.165, 1.54) is 6.92 Å². The van der Waals surface area contributed by atoms with Crippen molar-refractivity contribution in [3.63, 3.8) is 0 Å². The first-order chi connectivity index (χ1) is 10.2. The number of esters is 1. The Hall–Kier alpha value is -1.59. The molecule has 5 nitrogen and oxygen atoms in total. The number of benzene rings is 1. The van der Waals surface area contributed by atoms with Crippen LogP contribution in [0.3, 0.4) is 0 Å². The number of nitrogens with one attached hydrogen (secondary N) is 1. The van der Waals surface area contributed by atoms with Crippen LogP contribution in [0.4, 0.5) is 5.69 Å². The predicted octanol–water partition coefficient (Wildman–Crippen LogP) is 2.95. The van der Waals surface area contributed by atoms with E-state index in [4.69, 9.17) is 27.9 Å². The smallest absolute Gasteiger partial charge is 0.315 e. The number of rotatable bonds is 5. The Bertz CT molecular complexity index is 627. The third-order valence-electron chi connectivity index (χ3n) is 3.62. The van der Waals surface area contributed by atoms with Crippen molar-refractivity contribution in [3.05, 3.63) is 29.8 Å². The maximum absolute atomic E-state index is 11.8. The molecule has 22 heavy (non-hydrogen) atoms. The zero-order valence-corrected chi connectivity index (χ0v) is 13.6. The second kappa shape index (κ2) is 5.89. The number of alkyl halides is 2. The largest absolute Gasteiger partial charge is 0.455 e. The van der Waals surface area contributed by atoms with Crippen LogP contribution in [0.5, 0.6) is 0 Å². The number of amides is 1. The molecule has 118 valence electrons. The minimum absolute atomic E-state index is 0.0601. The van der Waals surface area contributed by atoms with Crippen molar-refractivity contribution in [2.75, 3.05) is 11.9 Å². The summed E-state index contributed by atoms with van der Waals surface area (Å²) in [6, 6.07) is 6.40.